The quantitative estimate of drug-likeness (QED) is 0.901. The molecule has 5 nitrogen and oxygen atoms in total. The Bertz CT molecular complexity index is 510. The van der Waals surface area contributed by atoms with E-state index in [2.05, 4.69) is 20.7 Å². The van der Waals surface area contributed by atoms with Gasteiger partial charge >= 0.3 is 0 Å². The van der Waals surface area contributed by atoms with Gasteiger partial charge in [0.15, 0.2) is 0 Å². The van der Waals surface area contributed by atoms with Crippen molar-refractivity contribution in [1.82, 2.24) is 14.7 Å². The number of primary amides is 1. The molecule has 2 heterocycles. The number of rotatable bonds is 5. The molecule has 0 unspecified atom stereocenters. The van der Waals surface area contributed by atoms with Crippen LogP contribution in [0, 0.1) is 5.41 Å². The first-order valence-corrected chi connectivity index (χ1v) is 8.03. The maximum Gasteiger partial charge on any atom is 0.224 e. The van der Waals surface area contributed by atoms with E-state index in [1.165, 1.54) is 18.5 Å². The van der Waals surface area contributed by atoms with Gasteiger partial charge in [0.1, 0.15) is 0 Å². The highest BCUT2D eigenvalue weighted by molar-refractivity contribution is 5.80. The standard InChI is InChI=1S/C16H26N4O/c1-16(2,15(17)21)11-19-9-6-13(7-10-19)20-14(5-8-18-20)12-3-4-12/h5,8,12-13H,3-4,6-7,9-11H2,1-2H3,(H2,17,21). The summed E-state index contributed by atoms with van der Waals surface area (Å²) in [5.41, 5.74) is 6.45. The van der Waals surface area contributed by atoms with Gasteiger partial charge in [0, 0.05) is 37.4 Å². The lowest BCUT2D eigenvalue weighted by atomic mass is 9.90. The van der Waals surface area contributed by atoms with Crippen LogP contribution < -0.4 is 5.73 Å². The molecule has 1 saturated heterocycles. The van der Waals surface area contributed by atoms with Gasteiger partial charge < -0.3 is 10.6 Å². The number of carbonyl (C=O) groups is 1. The maximum atomic E-state index is 11.5. The average molecular weight is 290 g/mol. The van der Waals surface area contributed by atoms with Crippen LogP contribution in [0.2, 0.25) is 0 Å². The molecule has 5 heteroatoms. The fraction of sp³-hybridized carbons (Fsp3) is 0.750. The van der Waals surface area contributed by atoms with Crippen molar-refractivity contribution in [3.05, 3.63) is 18.0 Å². The predicted molar refractivity (Wildman–Crippen MR) is 81.9 cm³/mol. The third kappa shape index (κ3) is 3.12. The molecule has 1 aliphatic heterocycles. The molecule has 2 aliphatic rings. The van der Waals surface area contributed by atoms with Crippen molar-refractivity contribution < 1.29 is 4.79 Å². The first-order valence-electron chi connectivity index (χ1n) is 8.03. The van der Waals surface area contributed by atoms with Crippen molar-refractivity contribution in [2.75, 3.05) is 19.6 Å². The van der Waals surface area contributed by atoms with Gasteiger partial charge in [-0.3, -0.25) is 9.48 Å². The van der Waals surface area contributed by atoms with E-state index >= 15 is 0 Å². The highest BCUT2D eigenvalue weighted by Gasteiger charge is 2.33. The molecule has 0 bridgehead atoms. The fourth-order valence-electron chi connectivity index (χ4n) is 3.29. The van der Waals surface area contributed by atoms with Gasteiger partial charge in [-0.25, -0.2) is 0 Å². The highest BCUT2D eigenvalue weighted by Crippen LogP contribution is 2.41. The van der Waals surface area contributed by atoms with Gasteiger partial charge in [0.25, 0.3) is 0 Å². The molecule has 1 amide bonds. The van der Waals surface area contributed by atoms with Gasteiger partial charge in [0.05, 0.1) is 11.5 Å². The number of aromatic nitrogens is 2. The SMILES string of the molecule is CC(C)(CN1CCC(n2nccc2C2CC2)CC1)C(N)=O. The Labute approximate surface area is 126 Å². The lowest BCUT2D eigenvalue weighted by Crippen LogP contribution is -2.45. The Morgan fingerprint density at radius 2 is 2.00 bits per heavy atom. The van der Waals surface area contributed by atoms with Crippen LogP contribution >= 0.6 is 0 Å². The van der Waals surface area contributed by atoms with Crippen LogP contribution in [0.15, 0.2) is 12.3 Å². The molecule has 1 aliphatic carbocycles. The van der Waals surface area contributed by atoms with Gasteiger partial charge in [-0.2, -0.15) is 5.10 Å². The Balaban J connectivity index is 1.58. The maximum absolute atomic E-state index is 11.5. The van der Waals surface area contributed by atoms with Gasteiger partial charge in [-0.05, 0) is 45.6 Å². The lowest BCUT2D eigenvalue weighted by molar-refractivity contribution is -0.127. The molecule has 1 saturated carbocycles. The molecule has 1 aromatic heterocycles. The molecule has 0 radical (unpaired) electrons. The summed E-state index contributed by atoms with van der Waals surface area (Å²) in [4.78, 5) is 13.8. The number of piperidine rings is 1. The van der Waals surface area contributed by atoms with Crippen molar-refractivity contribution >= 4 is 5.91 Å². The Morgan fingerprint density at radius 3 is 2.57 bits per heavy atom. The molecule has 21 heavy (non-hydrogen) atoms. The number of hydrogen-bond acceptors (Lipinski definition) is 3. The molecule has 1 aromatic rings. The second-order valence-electron chi connectivity index (χ2n) is 7.23. The van der Waals surface area contributed by atoms with Crippen LogP contribution in [0.25, 0.3) is 0 Å². The van der Waals surface area contributed by atoms with Gasteiger partial charge in [-0.1, -0.05) is 0 Å². The highest BCUT2D eigenvalue weighted by atomic mass is 16.1. The van der Waals surface area contributed by atoms with Crippen molar-refractivity contribution in [2.24, 2.45) is 11.1 Å². The molecular weight excluding hydrogens is 264 g/mol. The van der Waals surface area contributed by atoms with Crippen molar-refractivity contribution in [3.8, 4) is 0 Å². The summed E-state index contributed by atoms with van der Waals surface area (Å²) in [6, 6.07) is 2.70. The van der Waals surface area contributed by atoms with E-state index < -0.39 is 5.41 Å². The molecule has 3 rings (SSSR count). The molecular formula is C16H26N4O. The van der Waals surface area contributed by atoms with E-state index in [9.17, 15) is 4.79 Å². The fourth-order valence-corrected chi connectivity index (χ4v) is 3.29. The molecule has 0 spiro atoms. The number of likely N-dealkylation sites (tertiary alicyclic amines) is 1. The summed E-state index contributed by atoms with van der Waals surface area (Å²) in [6.07, 6.45) is 6.79. The molecule has 116 valence electrons. The minimum absolute atomic E-state index is 0.215. The molecule has 2 fully saturated rings. The smallest absolute Gasteiger partial charge is 0.224 e. The zero-order valence-corrected chi connectivity index (χ0v) is 13.1. The van der Waals surface area contributed by atoms with E-state index in [-0.39, 0.29) is 5.91 Å². The van der Waals surface area contributed by atoms with Gasteiger partial charge in [-0.15, -0.1) is 0 Å². The zero-order chi connectivity index (χ0) is 15.0. The van der Waals surface area contributed by atoms with Crippen molar-refractivity contribution in [2.45, 2.75) is 51.5 Å². The number of hydrogen-bond donors (Lipinski definition) is 1. The topological polar surface area (TPSA) is 64.2 Å². The minimum atomic E-state index is -0.447. The summed E-state index contributed by atoms with van der Waals surface area (Å²) in [5.74, 6) is 0.534. The predicted octanol–water partition coefficient (Wildman–Crippen LogP) is 1.91. The third-order valence-corrected chi connectivity index (χ3v) is 4.89. The molecule has 0 atom stereocenters. The van der Waals surface area contributed by atoms with Crippen LogP contribution in [0.5, 0.6) is 0 Å². The Kier molecular flexibility index (Phi) is 3.78. The summed E-state index contributed by atoms with van der Waals surface area (Å²) < 4.78 is 2.26. The first kappa shape index (κ1) is 14.6. The van der Waals surface area contributed by atoms with Crippen LogP contribution in [0.3, 0.4) is 0 Å². The third-order valence-electron chi connectivity index (χ3n) is 4.89. The normalized spacial score (nSPS) is 21.6. The molecule has 2 N–H and O–H groups in total. The number of amides is 1. The summed E-state index contributed by atoms with van der Waals surface area (Å²) in [6.45, 7) is 6.65. The monoisotopic (exact) mass is 290 g/mol. The minimum Gasteiger partial charge on any atom is -0.369 e. The average Bonchev–Trinajstić information content (AvgIpc) is 3.17. The zero-order valence-electron chi connectivity index (χ0n) is 13.1. The Morgan fingerprint density at radius 1 is 1.33 bits per heavy atom. The summed E-state index contributed by atoms with van der Waals surface area (Å²) >= 11 is 0. The largest absolute Gasteiger partial charge is 0.369 e. The van der Waals surface area contributed by atoms with Crippen LogP contribution in [0.4, 0.5) is 0 Å². The van der Waals surface area contributed by atoms with E-state index in [0.29, 0.717) is 6.04 Å². The van der Waals surface area contributed by atoms with Gasteiger partial charge in [0.2, 0.25) is 5.91 Å². The number of nitrogens with two attached hydrogens (primary N) is 1. The van der Waals surface area contributed by atoms with E-state index in [0.717, 1.165) is 38.4 Å². The second-order valence-corrected chi connectivity index (χ2v) is 7.23. The van der Waals surface area contributed by atoms with Crippen molar-refractivity contribution in [1.29, 1.82) is 0 Å². The van der Waals surface area contributed by atoms with Crippen molar-refractivity contribution in [3.63, 3.8) is 0 Å². The summed E-state index contributed by atoms with van der Waals surface area (Å²) in [5, 5.41) is 4.55. The van der Waals surface area contributed by atoms with E-state index in [1.807, 2.05) is 20.0 Å². The Hall–Kier alpha value is -1.36. The van der Waals surface area contributed by atoms with E-state index in [1.54, 1.807) is 0 Å². The van der Waals surface area contributed by atoms with Crippen LogP contribution in [0.1, 0.15) is 57.2 Å². The van der Waals surface area contributed by atoms with Crippen LogP contribution in [-0.2, 0) is 4.79 Å². The number of carbonyl (C=O) groups excluding carboxylic acids is 1. The molecule has 0 aromatic carbocycles. The number of nitrogens with zero attached hydrogens (tertiary/aromatic N) is 3. The summed E-state index contributed by atoms with van der Waals surface area (Å²) in [7, 11) is 0. The van der Waals surface area contributed by atoms with Crippen LogP contribution in [-0.4, -0.2) is 40.2 Å². The first-order chi connectivity index (χ1) is 9.97. The van der Waals surface area contributed by atoms with E-state index in [4.69, 9.17) is 5.73 Å². The lowest BCUT2D eigenvalue weighted by Gasteiger charge is -2.36. The second kappa shape index (κ2) is 5.44.